The average molecular weight is 344 g/mol. The Balaban J connectivity index is 2.36. The van der Waals surface area contributed by atoms with Crippen LogP contribution in [0.15, 0.2) is 21.9 Å². The number of oxime groups is 1. The van der Waals surface area contributed by atoms with E-state index in [9.17, 15) is 4.79 Å². The summed E-state index contributed by atoms with van der Waals surface area (Å²) in [6.07, 6.45) is 2.62. The Morgan fingerprint density at radius 3 is 3.11 bits per heavy atom. The Morgan fingerprint density at radius 2 is 2.42 bits per heavy atom. The molecule has 1 aliphatic heterocycles. The van der Waals surface area contributed by atoms with Crippen LogP contribution in [0.4, 0.5) is 5.82 Å². The number of thioether (sulfide) groups is 1. The molecule has 0 unspecified atom stereocenters. The molecule has 0 saturated carbocycles. The van der Waals surface area contributed by atoms with Gasteiger partial charge in [-0.05, 0) is 34.3 Å². The summed E-state index contributed by atoms with van der Waals surface area (Å²) in [5.74, 6) is 1.13. The fraction of sp³-hybridized carbons (Fsp3) is 0.417. The van der Waals surface area contributed by atoms with Gasteiger partial charge in [0.2, 0.25) is 5.91 Å². The van der Waals surface area contributed by atoms with Crippen molar-refractivity contribution in [3.05, 3.63) is 22.3 Å². The largest absolute Gasteiger partial charge is 0.385 e. The van der Waals surface area contributed by atoms with E-state index in [0.29, 0.717) is 29.3 Å². The van der Waals surface area contributed by atoms with Gasteiger partial charge in [-0.25, -0.2) is 4.98 Å². The van der Waals surface area contributed by atoms with Gasteiger partial charge in [0.15, 0.2) is 5.94 Å². The van der Waals surface area contributed by atoms with Crippen LogP contribution >= 0.6 is 27.7 Å². The lowest BCUT2D eigenvalue weighted by Crippen LogP contribution is -2.37. The summed E-state index contributed by atoms with van der Waals surface area (Å²) in [6.45, 7) is 2.12. The number of halogens is 1. The van der Waals surface area contributed by atoms with Gasteiger partial charge in [0.05, 0.1) is 5.71 Å². The standard InChI is InChI=1S/C12H14BrN3O2S/c1-8(17)16-6-5-10(15-18-7-19-2)9-3-4-11(13)14-12(9)16/h3-4H,5-7H2,1-2H3/b15-10+. The number of fused-ring (bicyclic) bond motifs is 1. The maximum Gasteiger partial charge on any atom is 0.225 e. The number of anilines is 1. The smallest absolute Gasteiger partial charge is 0.225 e. The minimum atomic E-state index is -0.0177. The predicted octanol–water partition coefficient (Wildman–Crippen LogP) is 2.64. The van der Waals surface area contributed by atoms with Gasteiger partial charge in [0.25, 0.3) is 0 Å². The van der Waals surface area contributed by atoms with Crippen molar-refractivity contribution in [1.82, 2.24) is 4.98 Å². The molecule has 0 radical (unpaired) electrons. The van der Waals surface area contributed by atoms with Crippen molar-refractivity contribution < 1.29 is 9.63 Å². The zero-order valence-electron chi connectivity index (χ0n) is 10.7. The first-order valence-corrected chi connectivity index (χ1v) is 7.95. The van der Waals surface area contributed by atoms with Crippen LogP contribution in [0.3, 0.4) is 0 Å². The first-order chi connectivity index (χ1) is 9.13. The van der Waals surface area contributed by atoms with Gasteiger partial charge in [0.1, 0.15) is 10.4 Å². The van der Waals surface area contributed by atoms with Gasteiger partial charge in [0, 0.05) is 25.5 Å². The number of pyridine rings is 1. The van der Waals surface area contributed by atoms with E-state index in [-0.39, 0.29) is 5.91 Å². The minimum Gasteiger partial charge on any atom is -0.385 e. The monoisotopic (exact) mass is 343 g/mol. The van der Waals surface area contributed by atoms with E-state index in [1.165, 1.54) is 0 Å². The maximum atomic E-state index is 11.6. The van der Waals surface area contributed by atoms with Crippen molar-refractivity contribution in [2.24, 2.45) is 5.16 Å². The van der Waals surface area contributed by atoms with E-state index in [4.69, 9.17) is 4.84 Å². The molecule has 2 rings (SSSR count). The first kappa shape index (κ1) is 14.3. The number of carbonyl (C=O) groups excluding carboxylic acids is 1. The molecule has 5 nitrogen and oxygen atoms in total. The number of hydrogen-bond donors (Lipinski definition) is 0. The molecule has 2 heterocycles. The Labute approximate surface area is 124 Å². The van der Waals surface area contributed by atoms with E-state index >= 15 is 0 Å². The van der Waals surface area contributed by atoms with Crippen LogP contribution in [0.5, 0.6) is 0 Å². The lowest BCUT2D eigenvalue weighted by atomic mass is 10.0. The normalized spacial score (nSPS) is 16.4. The summed E-state index contributed by atoms with van der Waals surface area (Å²) in [5.41, 5.74) is 1.69. The van der Waals surface area contributed by atoms with Crippen molar-refractivity contribution in [1.29, 1.82) is 0 Å². The van der Waals surface area contributed by atoms with Crippen molar-refractivity contribution >= 4 is 45.1 Å². The highest BCUT2D eigenvalue weighted by atomic mass is 79.9. The molecule has 1 aromatic heterocycles. The molecule has 19 heavy (non-hydrogen) atoms. The van der Waals surface area contributed by atoms with Crippen LogP contribution in [-0.2, 0) is 9.63 Å². The Bertz CT molecular complexity index is 522. The molecular weight excluding hydrogens is 330 g/mol. The Hall–Kier alpha value is -1.08. The summed E-state index contributed by atoms with van der Waals surface area (Å²) in [7, 11) is 0. The molecule has 0 N–H and O–H groups in total. The fourth-order valence-corrected chi connectivity index (χ4v) is 2.33. The summed E-state index contributed by atoms with van der Waals surface area (Å²) in [6, 6.07) is 3.75. The first-order valence-electron chi connectivity index (χ1n) is 5.76. The molecule has 0 saturated heterocycles. The fourth-order valence-electron chi connectivity index (χ4n) is 1.87. The molecular formula is C12H14BrN3O2S. The average Bonchev–Trinajstić information content (AvgIpc) is 2.38. The van der Waals surface area contributed by atoms with Crippen molar-refractivity contribution in [2.75, 3.05) is 23.6 Å². The molecule has 102 valence electrons. The molecule has 1 amide bonds. The van der Waals surface area contributed by atoms with Crippen LogP contribution in [0.25, 0.3) is 0 Å². The zero-order chi connectivity index (χ0) is 13.8. The highest BCUT2D eigenvalue weighted by Crippen LogP contribution is 2.27. The van der Waals surface area contributed by atoms with Gasteiger partial charge in [-0.15, -0.1) is 11.8 Å². The maximum absolute atomic E-state index is 11.6. The molecule has 1 aromatic rings. The highest BCUT2D eigenvalue weighted by Gasteiger charge is 2.26. The Kier molecular flexibility index (Phi) is 4.81. The van der Waals surface area contributed by atoms with Crippen molar-refractivity contribution in [3.8, 4) is 0 Å². The van der Waals surface area contributed by atoms with Crippen molar-refractivity contribution in [3.63, 3.8) is 0 Å². The number of aromatic nitrogens is 1. The Morgan fingerprint density at radius 1 is 1.63 bits per heavy atom. The van der Waals surface area contributed by atoms with Gasteiger partial charge < -0.3 is 4.84 Å². The third-order valence-corrected chi connectivity index (χ3v) is 3.49. The SMILES string of the molecule is CSCO/N=C1\CCN(C(C)=O)c2nc(Br)ccc21. The molecule has 0 spiro atoms. The quantitative estimate of drug-likeness (QED) is 0.366. The van der Waals surface area contributed by atoms with Crippen LogP contribution in [0, 0.1) is 0 Å². The van der Waals surface area contributed by atoms with Gasteiger partial charge in [-0.2, -0.15) is 0 Å². The summed E-state index contributed by atoms with van der Waals surface area (Å²) in [5, 5.41) is 4.14. The topological polar surface area (TPSA) is 54.8 Å². The van der Waals surface area contributed by atoms with E-state index in [1.807, 2.05) is 18.4 Å². The number of hydrogen-bond acceptors (Lipinski definition) is 5. The second-order valence-corrected chi connectivity index (χ2v) is 5.62. The van der Waals surface area contributed by atoms with Gasteiger partial charge >= 0.3 is 0 Å². The summed E-state index contributed by atoms with van der Waals surface area (Å²) >= 11 is 4.89. The molecule has 1 aliphatic rings. The van der Waals surface area contributed by atoms with Crippen LogP contribution in [0.1, 0.15) is 18.9 Å². The minimum absolute atomic E-state index is 0.0177. The second-order valence-electron chi connectivity index (χ2n) is 4.00. The lowest BCUT2D eigenvalue weighted by Gasteiger charge is -2.27. The number of carbonyl (C=O) groups is 1. The van der Waals surface area contributed by atoms with Crippen LogP contribution in [-0.4, -0.2) is 35.3 Å². The molecule has 0 bridgehead atoms. The number of rotatable bonds is 3. The highest BCUT2D eigenvalue weighted by molar-refractivity contribution is 9.10. The van der Waals surface area contributed by atoms with Crippen LogP contribution in [0.2, 0.25) is 0 Å². The number of nitrogens with zero attached hydrogens (tertiary/aromatic N) is 3. The molecule has 0 aromatic carbocycles. The zero-order valence-corrected chi connectivity index (χ0v) is 13.1. The third kappa shape index (κ3) is 3.27. The van der Waals surface area contributed by atoms with Gasteiger partial charge in [-0.3, -0.25) is 9.69 Å². The molecule has 0 fully saturated rings. The summed E-state index contributed by atoms with van der Waals surface area (Å²) < 4.78 is 0.698. The number of amides is 1. The van der Waals surface area contributed by atoms with Gasteiger partial charge in [-0.1, -0.05) is 5.16 Å². The lowest BCUT2D eigenvalue weighted by molar-refractivity contribution is -0.116. The second kappa shape index (κ2) is 6.38. The van der Waals surface area contributed by atoms with E-state index < -0.39 is 0 Å². The van der Waals surface area contributed by atoms with E-state index in [1.54, 1.807) is 23.6 Å². The summed E-state index contributed by atoms with van der Waals surface area (Å²) in [4.78, 5) is 22.9. The van der Waals surface area contributed by atoms with Crippen LogP contribution < -0.4 is 4.90 Å². The van der Waals surface area contributed by atoms with E-state index in [0.717, 1.165) is 11.3 Å². The molecule has 0 atom stereocenters. The third-order valence-electron chi connectivity index (χ3n) is 2.71. The predicted molar refractivity (Wildman–Crippen MR) is 80.6 cm³/mol. The van der Waals surface area contributed by atoms with Crippen molar-refractivity contribution in [2.45, 2.75) is 13.3 Å². The molecule has 7 heteroatoms. The molecule has 0 aliphatic carbocycles. The van der Waals surface area contributed by atoms with E-state index in [2.05, 4.69) is 26.1 Å².